The molecule has 2 heterocycles. The molecule has 0 bridgehead atoms. The van der Waals surface area contributed by atoms with Crippen LogP contribution in [-0.4, -0.2) is 73.1 Å². The second-order valence-electron chi connectivity index (χ2n) is 9.57. The highest BCUT2D eigenvalue weighted by atomic mass is 35.5. The first-order valence-corrected chi connectivity index (χ1v) is 12.2. The van der Waals surface area contributed by atoms with Gasteiger partial charge in [-0.3, -0.25) is 4.90 Å². The van der Waals surface area contributed by atoms with Crippen LogP contribution in [-0.2, 0) is 9.47 Å². The number of hydrogen-bond donors (Lipinski definition) is 1. The van der Waals surface area contributed by atoms with Gasteiger partial charge in [0.1, 0.15) is 30.7 Å². The number of halogens is 2. The predicted molar refractivity (Wildman–Crippen MR) is 138 cm³/mol. The van der Waals surface area contributed by atoms with Crippen LogP contribution in [0.25, 0.3) is 10.9 Å². The van der Waals surface area contributed by atoms with Crippen LogP contribution in [0, 0.1) is 5.82 Å². The van der Waals surface area contributed by atoms with E-state index >= 15 is 0 Å². The molecule has 4 rings (SSSR count). The van der Waals surface area contributed by atoms with Gasteiger partial charge in [-0.15, -0.1) is 0 Å². The van der Waals surface area contributed by atoms with E-state index in [0.717, 1.165) is 38.2 Å². The van der Waals surface area contributed by atoms with Crippen LogP contribution in [0.5, 0.6) is 11.5 Å². The zero-order valence-corrected chi connectivity index (χ0v) is 21.8. The highest BCUT2D eigenvalue weighted by Crippen LogP contribution is 2.35. The third kappa shape index (κ3) is 6.94. The first kappa shape index (κ1) is 26.3. The number of aromatic nitrogens is 2. The molecule has 8 nitrogen and oxygen atoms in total. The zero-order valence-electron chi connectivity index (χ0n) is 21.0. The van der Waals surface area contributed by atoms with Crippen molar-refractivity contribution >= 4 is 34.0 Å². The second kappa shape index (κ2) is 11.6. The van der Waals surface area contributed by atoms with Crippen LogP contribution in [0.3, 0.4) is 0 Å². The summed E-state index contributed by atoms with van der Waals surface area (Å²) in [6.07, 6.45) is 1.29. The molecule has 1 unspecified atom stereocenters. The van der Waals surface area contributed by atoms with Gasteiger partial charge in [-0.25, -0.2) is 14.4 Å². The van der Waals surface area contributed by atoms with Gasteiger partial charge in [0.2, 0.25) is 0 Å². The summed E-state index contributed by atoms with van der Waals surface area (Å²) < 4.78 is 37.2. The summed E-state index contributed by atoms with van der Waals surface area (Å²) in [5, 5.41) is 3.93. The Kier molecular flexibility index (Phi) is 8.46. The molecule has 1 fully saturated rings. The molecule has 10 heteroatoms. The van der Waals surface area contributed by atoms with Crippen LogP contribution in [0.15, 0.2) is 36.7 Å². The molecular weight excluding hydrogens is 487 g/mol. The van der Waals surface area contributed by atoms with E-state index in [9.17, 15) is 4.39 Å². The molecule has 0 saturated carbocycles. The van der Waals surface area contributed by atoms with E-state index in [-0.39, 0.29) is 16.7 Å². The molecule has 1 atom stereocenters. The van der Waals surface area contributed by atoms with Crippen LogP contribution in [0.4, 0.5) is 15.9 Å². The molecule has 1 saturated heterocycles. The number of benzene rings is 2. The van der Waals surface area contributed by atoms with Crippen molar-refractivity contribution in [2.24, 2.45) is 0 Å². The fourth-order valence-electron chi connectivity index (χ4n) is 4.03. The Morgan fingerprint density at radius 3 is 2.61 bits per heavy atom. The SMILES string of the molecule is COc1cc2ncnc(Nc3ccc(F)c(Cl)c3)c2cc1OCC(CN1CCOCC1)OC(C)(C)C. The first-order valence-electron chi connectivity index (χ1n) is 11.9. The number of nitrogens with one attached hydrogen (secondary N) is 1. The molecular formula is C26H32ClFN4O4. The molecule has 2 aromatic carbocycles. The van der Waals surface area contributed by atoms with Crippen molar-refractivity contribution < 1.29 is 23.3 Å². The van der Waals surface area contributed by atoms with Crippen LogP contribution in [0.2, 0.25) is 5.02 Å². The molecule has 1 aliphatic rings. The number of fused-ring (bicyclic) bond motifs is 1. The minimum atomic E-state index is -0.487. The van der Waals surface area contributed by atoms with E-state index in [0.29, 0.717) is 35.1 Å². The standard InChI is InChI=1S/C26H32ClFN4O4/c1-26(2,3)36-18(14-32-7-9-34-10-8-32)15-35-24-12-19-22(13-23(24)33-4)29-16-30-25(19)31-17-5-6-21(28)20(27)11-17/h5-6,11-13,16,18H,7-10,14-15H2,1-4H3,(H,29,30,31). The smallest absolute Gasteiger partial charge is 0.162 e. The lowest BCUT2D eigenvalue weighted by molar-refractivity contribution is -0.0942. The largest absolute Gasteiger partial charge is 0.493 e. The summed E-state index contributed by atoms with van der Waals surface area (Å²) in [7, 11) is 1.59. The molecule has 1 aliphatic heterocycles. The number of nitrogens with zero attached hydrogens (tertiary/aromatic N) is 3. The van der Waals surface area contributed by atoms with E-state index < -0.39 is 5.82 Å². The lowest BCUT2D eigenvalue weighted by atomic mass is 10.1. The number of anilines is 2. The lowest BCUT2D eigenvalue weighted by Crippen LogP contribution is -2.45. The van der Waals surface area contributed by atoms with E-state index in [1.807, 2.05) is 26.8 Å². The van der Waals surface area contributed by atoms with Crippen LogP contribution in [0.1, 0.15) is 20.8 Å². The van der Waals surface area contributed by atoms with Gasteiger partial charge in [-0.05, 0) is 45.0 Å². The van der Waals surface area contributed by atoms with Crippen molar-refractivity contribution in [3.05, 3.63) is 47.5 Å². The topological polar surface area (TPSA) is 78.0 Å². The van der Waals surface area contributed by atoms with Crippen molar-refractivity contribution in [2.75, 3.05) is 51.9 Å². The van der Waals surface area contributed by atoms with Crippen molar-refractivity contribution in [2.45, 2.75) is 32.5 Å². The highest BCUT2D eigenvalue weighted by molar-refractivity contribution is 6.31. The van der Waals surface area contributed by atoms with Crippen molar-refractivity contribution in [3.63, 3.8) is 0 Å². The van der Waals surface area contributed by atoms with E-state index in [1.54, 1.807) is 19.2 Å². The summed E-state index contributed by atoms with van der Waals surface area (Å²) in [4.78, 5) is 11.1. The number of ether oxygens (including phenoxy) is 4. The van der Waals surface area contributed by atoms with Gasteiger partial charge in [-0.2, -0.15) is 0 Å². The molecule has 0 spiro atoms. The third-order valence-corrected chi connectivity index (χ3v) is 5.90. The fraction of sp³-hybridized carbons (Fsp3) is 0.462. The number of hydrogen-bond acceptors (Lipinski definition) is 8. The average Bonchev–Trinajstić information content (AvgIpc) is 2.84. The predicted octanol–water partition coefficient (Wildman–Crippen LogP) is 5.07. The zero-order chi connectivity index (χ0) is 25.7. The number of methoxy groups -OCH3 is 1. The second-order valence-corrected chi connectivity index (χ2v) is 9.98. The van der Waals surface area contributed by atoms with Gasteiger partial charge >= 0.3 is 0 Å². The molecule has 1 aromatic heterocycles. The normalized spacial score (nSPS) is 15.6. The van der Waals surface area contributed by atoms with Gasteiger partial charge in [0.05, 0.1) is 36.5 Å². The Morgan fingerprint density at radius 1 is 1.14 bits per heavy atom. The quantitative estimate of drug-likeness (QED) is 0.421. The average molecular weight is 519 g/mol. The third-order valence-electron chi connectivity index (χ3n) is 5.61. The van der Waals surface area contributed by atoms with Gasteiger partial charge < -0.3 is 24.3 Å². The molecule has 0 radical (unpaired) electrons. The molecule has 0 aliphatic carbocycles. The number of rotatable bonds is 9. The Labute approximate surface area is 215 Å². The van der Waals surface area contributed by atoms with Gasteiger partial charge in [-0.1, -0.05) is 11.6 Å². The summed E-state index contributed by atoms with van der Waals surface area (Å²) in [6.45, 7) is 10.3. The van der Waals surface area contributed by atoms with Crippen LogP contribution < -0.4 is 14.8 Å². The molecule has 0 amide bonds. The highest BCUT2D eigenvalue weighted by Gasteiger charge is 2.24. The van der Waals surface area contributed by atoms with Crippen molar-refractivity contribution in [1.82, 2.24) is 14.9 Å². The van der Waals surface area contributed by atoms with E-state index in [2.05, 4.69) is 20.2 Å². The van der Waals surface area contributed by atoms with E-state index in [1.165, 1.54) is 18.5 Å². The Hall–Kier alpha value is -2.72. The summed E-state index contributed by atoms with van der Waals surface area (Å²) >= 11 is 5.94. The van der Waals surface area contributed by atoms with Crippen molar-refractivity contribution in [3.8, 4) is 11.5 Å². The lowest BCUT2D eigenvalue weighted by Gasteiger charge is -2.33. The molecule has 36 heavy (non-hydrogen) atoms. The van der Waals surface area contributed by atoms with Gasteiger partial charge in [0.15, 0.2) is 11.5 Å². The van der Waals surface area contributed by atoms with Gasteiger partial charge in [0.25, 0.3) is 0 Å². The maximum absolute atomic E-state index is 13.6. The molecule has 194 valence electrons. The Balaban J connectivity index is 1.58. The van der Waals surface area contributed by atoms with E-state index in [4.69, 9.17) is 30.5 Å². The molecule has 1 N–H and O–H groups in total. The Morgan fingerprint density at radius 2 is 1.92 bits per heavy atom. The Bertz CT molecular complexity index is 1180. The fourth-order valence-corrected chi connectivity index (χ4v) is 4.21. The van der Waals surface area contributed by atoms with Gasteiger partial charge in [0, 0.05) is 36.8 Å². The van der Waals surface area contributed by atoms with Crippen LogP contribution >= 0.6 is 11.6 Å². The minimum Gasteiger partial charge on any atom is -0.493 e. The summed E-state index contributed by atoms with van der Waals surface area (Å²) in [6, 6.07) is 8.04. The first-order chi connectivity index (χ1) is 17.2. The maximum atomic E-state index is 13.6. The number of morpholine rings is 1. The van der Waals surface area contributed by atoms with Crippen molar-refractivity contribution in [1.29, 1.82) is 0 Å². The summed E-state index contributed by atoms with van der Waals surface area (Å²) in [5.74, 6) is 1.15. The monoisotopic (exact) mass is 518 g/mol. The summed E-state index contributed by atoms with van der Waals surface area (Å²) in [5.41, 5.74) is 0.944. The maximum Gasteiger partial charge on any atom is 0.162 e. The molecule has 3 aromatic rings. The minimum absolute atomic E-state index is 0.0224.